The summed E-state index contributed by atoms with van der Waals surface area (Å²) in [6, 6.07) is 19.1. The molecule has 6 heteroatoms. The molecule has 6 nitrogen and oxygen atoms in total. The highest BCUT2D eigenvalue weighted by Crippen LogP contribution is 2.26. The molecule has 0 fully saturated rings. The van der Waals surface area contributed by atoms with Crippen molar-refractivity contribution in [2.75, 3.05) is 10.6 Å². The third-order valence-electron chi connectivity index (χ3n) is 4.77. The van der Waals surface area contributed by atoms with Gasteiger partial charge in [0.1, 0.15) is 0 Å². The zero-order chi connectivity index (χ0) is 20.4. The molecule has 0 bridgehead atoms. The number of hydrogen-bond donors (Lipinski definition) is 2. The van der Waals surface area contributed by atoms with Crippen molar-refractivity contribution in [3.8, 4) is 0 Å². The van der Waals surface area contributed by atoms with Gasteiger partial charge in [-0.1, -0.05) is 43.3 Å². The van der Waals surface area contributed by atoms with Crippen molar-refractivity contribution in [3.05, 3.63) is 66.2 Å². The average Bonchev–Trinajstić information content (AvgIpc) is 3.04. The predicted molar refractivity (Wildman–Crippen MR) is 116 cm³/mol. The standard InChI is InChI=1S/C23H22N4O2/c1-3-12-27-21-11-7-6-10-19(21)25-23(27)26-22(29)18-13-16-8-4-5-9-17(16)14-20(18)24-15(2)28/h4-11,13-14H,3,12H2,1-2H3,(H,24,28)(H,25,26,29). The Balaban J connectivity index is 1.77. The van der Waals surface area contributed by atoms with Crippen LogP contribution in [-0.4, -0.2) is 21.4 Å². The predicted octanol–water partition coefficient (Wildman–Crippen LogP) is 4.81. The molecule has 4 rings (SSSR count). The average molecular weight is 386 g/mol. The van der Waals surface area contributed by atoms with Gasteiger partial charge in [-0.25, -0.2) is 4.98 Å². The van der Waals surface area contributed by atoms with Crippen LogP contribution in [-0.2, 0) is 11.3 Å². The number of rotatable bonds is 5. The number of anilines is 2. The van der Waals surface area contributed by atoms with E-state index in [1.807, 2.05) is 59.2 Å². The minimum Gasteiger partial charge on any atom is -0.326 e. The van der Waals surface area contributed by atoms with E-state index in [2.05, 4.69) is 22.5 Å². The fourth-order valence-corrected chi connectivity index (χ4v) is 3.51. The van der Waals surface area contributed by atoms with Gasteiger partial charge in [0, 0.05) is 13.5 Å². The van der Waals surface area contributed by atoms with E-state index in [1.54, 1.807) is 6.07 Å². The van der Waals surface area contributed by atoms with Crippen LogP contribution in [0.2, 0.25) is 0 Å². The first-order valence-electron chi connectivity index (χ1n) is 9.64. The third kappa shape index (κ3) is 3.69. The van der Waals surface area contributed by atoms with Gasteiger partial charge < -0.3 is 9.88 Å². The molecule has 0 saturated heterocycles. The van der Waals surface area contributed by atoms with E-state index >= 15 is 0 Å². The van der Waals surface area contributed by atoms with Crippen LogP contribution in [0, 0.1) is 0 Å². The first-order chi connectivity index (χ1) is 14.1. The number of nitrogens with one attached hydrogen (secondary N) is 2. The summed E-state index contributed by atoms with van der Waals surface area (Å²) >= 11 is 0. The molecule has 1 heterocycles. The highest BCUT2D eigenvalue weighted by atomic mass is 16.2. The first kappa shape index (κ1) is 18.7. The van der Waals surface area contributed by atoms with E-state index in [9.17, 15) is 9.59 Å². The molecule has 0 radical (unpaired) electrons. The Morgan fingerprint density at radius 3 is 2.38 bits per heavy atom. The van der Waals surface area contributed by atoms with Gasteiger partial charge >= 0.3 is 0 Å². The Morgan fingerprint density at radius 1 is 0.966 bits per heavy atom. The molecule has 2 amide bonds. The summed E-state index contributed by atoms with van der Waals surface area (Å²) in [5.74, 6) is -0.0419. The molecule has 0 aliphatic heterocycles. The molecule has 0 unspecified atom stereocenters. The van der Waals surface area contributed by atoms with Crippen LogP contribution in [0.5, 0.6) is 0 Å². The topological polar surface area (TPSA) is 76.0 Å². The summed E-state index contributed by atoms with van der Waals surface area (Å²) in [5.41, 5.74) is 2.68. The molecule has 29 heavy (non-hydrogen) atoms. The van der Waals surface area contributed by atoms with Gasteiger partial charge in [0.25, 0.3) is 5.91 Å². The maximum Gasteiger partial charge on any atom is 0.260 e. The van der Waals surface area contributed by atoms with Crippen LogP contribution < -0.4 is 10.6 Å². The molecule has 0 aliphatic carbocycles. The fraction of sp³-hybridized carbons (Fsp3) is 0.174. The highest BCUT2D eigenvalue weighted by molar-refractivity contribution is 6.12. The minimum absolute atomic E-state index is 0.229. The van der Waals surface area contributed by atoms with E-state index in [4.69, 9.17) is 0 Å². The summed E-state index contributed by atoms with van der Waals surface area (Å²) < 4.78 is 2.01. The maximum atomic E-state index is 13.2. The zero-order valence-corrected chi connectivity index (χ0v) is 16.4. The van der Waals surface area contributed by atoms with Crippen molar-refractivity contribution in [2.24, 2.45) is 0 Å². The zero-order valence-electron chi connectivity index (χ0n) is 16.4. The second kappa shape index (κ2) is 7.75. The van der Waals surface area contributed by atoms with Crippen molar-refractivity contribution >= 4 is 45.3 Å². The van der Waals surface area contributed by atoms with Crippen LogP contribution in [0.15, 0.2) is 60.7 Å². The molecular weight excluding hydrogens is 364 g/mol. The monoisotopic (exact) mass is 386 g/mol. The number of carbonyl (C=O) groups is 2. The molecular formula is C23H22N4O2. The Kier molecular flexibility index (Phi) is 4.99. The number of nitrogens with zero attached hydrogens (tertiary/aromatic N) is 2. The Hall–Kier alpha value is -3.67. The van der Waals surface area contributed by atoms with Gasteiger partial charge in [-0.15, -0.1) is 0 Å². The summed E-state index contributed by atoms with van der Waals surface area (Å²) in [4.78, 5) is 29.5. The van der Waals surface area contributed by atoms with Gasteiger partial charge in [-0.3, -0.25) is 14.9 Å². The molecule has 0 aliphatic rings. The number of benzene rings is 3. The van der Waals surface area contributed by atoms with Gasteiger partial charge in [0.15, 0.2) is 0 Å². The van der Waals surface area contributed by atoms with E-state index in [-0.39, 0.29) is 11.8 Å². The lowest BCUT2D eigenvalue weighted by atomic mass is 10.0. The fourth-order valence-electron chi connectivity index (χ4n) is 3.51. The first-order valence-corrected chi connectivity index (χ1v) is 9.64. The van der Waals surface area contributed by atoms with Crippen molar-refractivity contribution in [1.82, 2.24) is 9.55 Å². The van der Waals surface area contributed by atoms with Crippen LogP contribution in [0.1, 0.15) is 30.6 Å². The van der Waals surface area contributed by atoms with Crippen LogP contribution in [0.25, 0.3) is 21.8 Å². The SMILES string of the molecule is CCCn1c(NC(=O)c2cc3ccccc3cc2NC(C)=O)nc2ccccc21. The van der Waals surface area contributed by atoms with Gasteiger partial charge in [0.2, 0.25) is 11.9 Å². The number of para-hydroxylation sites is 2. The van der Waals surface area contributed by atoms with Crippen molar-refractivity contribution in [3.63, 3.8) is 0 Å². The summed E-state index contributed by atoms with van der Waals surface area (Å²) in [7, 11) is 0. The van der Waals surface area contributed by atoms with Crippen LogP contribution in [0.3, 0.4) is 0 Å². The molecule has 0 atom stereocenters. The normalized spacial score (nSPS) is 11.0. The van der Waals surface area contributed by atoms with Crippen LogP contribution >= 0.6 is 0 Å². The van der Waals surface area contributed by atoms with Gasteiger partial charge in [0.05, 0.1) is 22.3 Å². The number of carbonyl (C=O) groups excluding carboxylic acids is 2. The maximum absolute atomic E-state index is 13.2. The number of amides is 2. The minimum atomic E-state index is -0.313. The lowest BCUT2D eigenvalue weighted by Gasteiger charge is -2.13. The molecule has 0 spiro atoms. The number of aryl methyl sites for hydroxylation is 1. The molecule has 1 aromatic heterocycles. The Labute approximate surface area is 168 Å². The van der Waals surface area contributed by atoms with Crippen molar-refractivity contribution in [2.45, 2.75) is 26.8 Å². The Bertz CT molecular complexity index is 1230. The van der Waals surface area contributed by atoms with E-state index in [1.165, 1.54) is 6.92 Å². The second-order valence-electron chi connectivity index (χ2n) is 6.96. The third-order valence-corrected chi connectivity index (χ3v) is 4.77. The van der Waals surface area contributed by atoms with E-state index in [0.29, 0.717) is 17.2 Å². The van der Waals surface area contributed by atoms with Crippen molar-refractivity contribution < 1.29 is 9.59 Å². The van der Waals surface area contributed by atoms with Crippen LogP contribution in [0.4, 0.5) is 11.6 Å². The smallest absolute Gasteiger partial charge is 0.260 e. The van der Waals surface area contributed by atoms with Crippen molar-refractivity contribution in [1.29, 1.82) is 0 Å². The van der Waals surface area contributed by atoms with E-state index in [0.717, 1.165) is 34.8 Å². The molecule has 146 valence electrons. The molecule has 0 saturated carbocycles. The second-order valence-corrected chi connectivity index (χ2v) is 6.96. The quantitative estimate of drug-likeness (QED) is 0.517. The highest BCUT2D eigenvalue weighted by Gasteiger charge is 2.18. The number of imidazole rings is 1. The summed E-state index contributed by atoms with van der Waals surface area (Å²) in [6.45, 7) is 4.25. The lowest BCUT2D eigenvalue weighted by Crippen LogP contribution is -2.19. The summed E-state index contributed by atoms with van der Waals surface area (Å²) in [5, 5.41) is 7.59. The Morgan fingerprint density at radius 2 is 1.66 bits per heavy atom. The summed E-state index contributed by atoms with van der Waals surface area (Å²) in [6.07, 6.45) is 0.913. The number of hydrogen-bond acceptors (Lipinski definition) is 3. The van der Waals surface area contributed by atoms with E-state index < -0.39 is 0 Å². The van der Waals surface area contributed by atoms with Gasteiger partial charge in [-0.05, 0) is 41.5 Å². The number of aromatic nitrogens is 2. The molecule has 3 aromatic carbocycles. The molecule has 2 N–H and O–H groups in total. The van der Waals surface area contributed by atoms with Gasteiger partial charge in [-0.2, -0.15) is 0 Å². The number of fused-ring (bicyclic) bond motifs is 2. The molecule has 4 aromatic rings. The largest absolute Gasteiger partial charge is 0.326 e. The lowest BCUT2D eigenvalue weighted by molar-refractivity contribution is -0.114.